The minimum atomic E-state index is -0.782. The lowest BCUT2D eigenvalue weighted by atomic mass is 9.61. The average molecular weight is 328 g/mol. The Morgan fingerprint density at radius 2 is 1.54 bits per heavy atom. The Morgan fingerprint density at radius 1 is 0.958 bits per heavy atom. The maximum atomic E-state index is 13.1. The molecular formula is C20H24O4. The number of hydrogen-bond donors (Lipinski definition) is 2. The van der Waals surface area contributed by atoms with Crippen molar-refractivity contribution in [2.75, 3.05) is 7.11 Å². The van der Waals surface area contributed by atoms with Crippen molar-refractivity contribution in [2.45, 2.75) is 33.1 Å². The Bertz CT molecular complexity index is 743. The van der Waals surface area contributed by atoms with Crippen LogP contribution in [0.4, 0.5) is 0 Å². The van der Waals surface area contributed by atoms with E-state index in [9.17, 15) is 15.0 Å². The molecule has 0 amide bonds. The van der Waals surface area contributed by atoms with Gasteiger partial charge in [0.15, 0.2) is 5.78 Å². The van der Waals surface area contributed by atoms with Gasteiger partial charge in [0.2, 0.25) is 0 Å². The number of carbonyl (C=O) groups excluding carboxylic acids is 1. The Kier molecular flexibility index (Phi) is 4.61. The molecule has 0 heterocycles. The molecule has 128 valence electrons. The highest BCUT2D eigenvalue weighted by molar-refractivity contribution is 6.03. The quantitative estimate of drug-likeness (QED) is 0.803. The summed E-state index contributed by atoms with van der Waals surface area (Å²) in [6, 6.07) is 11.6. The van der Waals surface area contributed by atoms with Crippen molar-refractivity contribution in [3.63, 3.8) is 0 Å². The van der Waals surface area contributed by atoms with E-state index in [0.717, 1.165) is 5.56 Å². The summed E-state index contributed by atoms with van der Waals surface area (Å²) in [6.07, 6.45) is 0. The van der Waals surface area contributed by atoms with Crippen LogP contribution < -0.4 is 4.74 Å². The minimum absolute atomic E-state index is 0.0890. The van der Waals surface area contributed by atoms with Gasteiger partial charge in [0.05, 0.1) is 12.7 Å². The molecule has 2 aromatic rings. The zero-order chi connectivity index (χ0) is 18.1. The first-order valence-electron chi connectivity index (χ1n) is 7.82. The minimum Gasteiger partial charge on any atom is -0.508 e. The molecule has 0 atom stereocenters. The van der Waals surface area contributed by atoms with Crippen molar-refractivity contribution < 1.29 is 19.7 Å². The zero-order valence-corrected chi connectivity index (χ0v) is 14.8. The second-order valence-corrected chi connectivity index (χ2v) is 7.01. The molecule has 0 spiro atoms. The first-order valence-corrected chi connectivity index (χ1v) is 7.82. The molecule has 4 nitrogen and oxygen atoms in total. The number of ether oxygens (including phenoxy) is 1. The van der Waals surface area contributed by atoms with Crippen LogP contribution in [0.3, 0.4) is 0 Å². The highest BCUT2D eigenvalue weighted by Gasteiger charge is 2.45. The van der Waals surface area contributed by atoms with Crippen molar-refractivity contribution in [1.29, 1.82) is 0 Å². The molecule has 0 aliphatic heterocycles. The van der Waals surface area contributed by atoms with E-state index >= 15 is 0 Å². The van der Waals surface area contributed by atoms with Gasteiger partial charge in [-0.25, -0.2) is 0 Å². The molecule has 0 saturated carbocycles. The van der Waals surface area contributed by atoms with Crippen LogP contribution in [0, 0.1) is 5.41 Å². The second kappa shape index (κ2) is 6.19. The zero-order valence-electron chi connectivity index (χ0n) is 14.8. The summed E-state index contributed by atoms with van der Waals surface area (Å²) in [5.41, 5.74) is -0.0838. The van der Waals surface area contributed by atoms with Gasteiger partial charge in [-0.3, -0.25) is 4.79 Å². The summed E-state index contributed by atoms with van der Waals surface area (Å²) in [5, 5.41) is 19.7. The van der Waals surface area contributed by atoms with Gasteiger partial charge in [0.1, 0.15) is 17.2 Å². The van der Waals surface area contributed by atoms with Crippen LogP contribution in [0.15, 0.2) is 42.5 Å². The molecule has 24 heavy (non-hydrogen) atoms. The van der Waals surface area contributed by atoms with E-state index in [1.54, 1.807) is 24.3 Å². The number of phenols is 2. The van der Waals surface area contributed by atoms with Crippen LogP contribution in [-0.4, -0.2) is 23.1 Å². The largest absolute Gasteiger partial charge is 0.508 e. The number of carbonyl (C=O) groups is 1. The van der Waals surface area contributed by atoms with Gasteiger partial charge >= 0.3 is 0 Å². The number of benzene rings is 2. The number of rotatable bonds is 5. The van der Waals surface area contributed by atoms with Crippen molar-refractivity contribution in [3.05, 3.63) is 53.6 Å². The summed E-state index contributed by atoms with van der Waals surface area (Å²) in [6.45, 7) is 7.70. The van der Waals surface area contributed by atoms with E-state index in [1.807, 2.05) is 39.8 Å². The molecule has 0 fully saturated rings. The Morgan fingerprint density at radius 3 is 2.04 bits per heavy atom. The number of phenolic OH excluding ortho intramolecular Hbond substituents is 2. The number of ketones is 1. The molecule has 2 aromatic carbocycles. The van der Waals surface area contributed by atoms with Crippen LogP contribution in [0.1, 0.15) is 43.6 Å². The fraction of sp³-hybridized carbons (Fsp3) is 0.350. The number of hydrogen-bond acceptors (Lipinski definition) is 4. The monoisotopic (exact) mass is 328 g/mol. The van der Waals surface area contributed by atoms with E-state index in [4.69, 9.17) is 4.74 Å². The molecule has 2 N–H and O–H groups in total. The maximum absolute atomic E-state index is 13.1. The normalized spacial score (nSPS) is 12.0. The van der Waals surface area contributed by atoms with Gasteiger partial charge in [-0.1, -0.05) is 39.8 Å². The molecular weight excluding hydrogens is 304 g/mol. The molecule has 0 radical (unpaired) electrons. The predicted octanol–water partition coefficient (Wildman–Crippen LogP) is 4.29. The second-order valence-electron chi connectivity index (χ2n) is 7.01. The van der Waals surface area contributed by atoms with E-state index in [1.165, 1.54) is 13.2 Å². The smallest absolute Gasteiger partial charge is 0.173 e. The lowest BCUT2D eigenvalue weighted by Crippen LogP contribution is -2.43. The van der Waals surface area contributed by atoms with Crippen molar-refractivity contribution in [3.8, 4) is 17.2 Å². The molecule has 0 aliphatic rings. The first kappa shape index (κ1) is 17.9. The Balaban J connectivity index is 2.44. The third-order valence-corrected chi connectivity index (χ3v) is 5.17. The molecule has 0 bridgehead atoms. The van der Waals surface area contributed by atoms with E-state index < -0.39 is 10.8 Å². The van der Waals surface area contributed by atoms with E-state index in [-0.39, 0.29) is 22.8 Å². The van der Waals surface area contributed by atoms with Crippen LogP contribution in [-0.2, 0) is 5.41 Å². The van der Waals surface area contributed by atoms with Crippen LogP contribution in [0.5, 0.6) is 17.2 Å². The summed E-state index contributed by atoms with van der Waals surface area (Å²) in [5.74, 6) is 0.445. The van der Waals surface area contributed by atoms with Crippen molar-refractivity contribution in [1.82, 2.24) is 0 Å². The van der Waals surface area contributed by atoms with Gasteiger partial charge in [-0.2, -0.15) is 0 Å². The van der Waals surface area contributed by atoms with Gasteiger partial charge < -0.3 is 14.9 Å². The molecule has 4 heteroatoms. The number of aromatic hydroxyl groups is 2. The fourth-order valence-corrected chi connectivity index (χ4v) is 2.69. The summed E-state index contributed by atoms with van der Waals surface area (Å²) in [7, 11) is 1.51. The van der Waals surface area contributed by atoms with Crippen molar-refractivity contribution in [2.24, 2.45) is 5.41 Å². The van der Waals surface area contributed by atoms with E-state index in [0.29, 0.717) is 5.75 Å². The third kappa shape index (κ3) is 2.96. The topological polar surface area (TPSA) is 66.8 Å². The molecule has 0 aliphatic carbocycles. The highest BCUT2D eigenvalue weighted by atomic mass is 16.5. The van der Waals surface area contributed by atoms with Gasteiger partial charge in [-0.05, 0) is 29.8 Å². The van der Waals surface area contributed by atoms with Crippen LogP contribution >= 0.6 is 0 Å². The molecule has 0 aromatic heterocycles. The fourth-order valence-electron chi connectivity index (χ4n) is 2.69. The van der Waals surface area contributed by atoms with Gasteiger partial charge in [-0.15, -0.1) is 0 Å². The lowest BCUT2D eigenvalue weighted by Gasteiger charge is -2.41. The van der Waals surface area contributed by atoms with Crippen LogP contribution in [0.2, 0.25) is 0 Å². The Labute approximate surface area is 142 Å². The maximum Gasteiger partial charge on any atom is 0.173 e. The summed E-state index contributed by atoms with van der Waals surface area (Å²) >= 11 is 0. The number of methoxy groups -OCH3 is 1. The van der Waals surface area contributed by atoms with Crippen LogP contribution in [0.25, 0.3) is 0 Å². The summed E-state index contributed by atoms with van der Waals surface area (Å²) in [4.78, 5) is 13.1. The predicted molar refractivity (Wildman–Crippen MR) is 93.9 cm³/mol. The van der Waals surface area contributed by atoms with Crippen molar-refractivity contribution >= 4 is 5.78 Å². The number of Topliss-reactive ketones (excluding diaryl/α,β-unsaturated/α-hetero) is 1. The molecule has 2 rings (SSSR count). The third-order valence-electron chi connectivity index (χ3n) is 5.17. The average Bonchev–Trinajstić information content (AvgIpc) is 2.54. The lowest BCUT2D eigenvalue weighted by molar-refractivity contribution is 0.0721. The van der Waals surface area contributed by atoms with Gasteiger partial charge in [0.25, 0.3) is 0 Å². The van der Waals surface area contributed by atoms with E-state index in [2.05, 4.69) is 0 Å². The standard InChI is InChI=1S/C20H24O4/c1-19(2,13-6-8-14(21)9-7-13)20(3,4)18(23)16-11-10-15(24-5)12-17(16)22/h6-12,21-22H,1-5H3. The highest BCUT2D eigenvalue weighted by Crippen LogP contribution is 2.45. The Hall–Kier alpha value is -2.49. The van der Waals surface area contributed by atoms with Gasteiger partial charge in [0, 0.05) is 16.9 Å². The first-order chi connectivity index (χ1) is 11.1. The molecule has 0 unspecified atom stereocenters. The molecule has 0 saturated heterocycles. The summed E-state index contributed by atoms with van der Waals surface area (Å²) < 4.78 is 5.07. The SMILES string of the molecule is COc1ccc(C(=O)C(C)(C)C(C)(C)c2ccc(O)cc2)c(O)c1.